The molecule has 0 fully saturated rings. The molecule has 0 spiro atoms. The molecule has 0 aromatic carbocycles. The number of hydrogen-bond donors (Lipinski definition) is 2. The standard InChI is InChI=1S/C14H14N6O2S2/c1-7-5-15-13(23-7)17-11(21)9-4-10(20(3)19-9)12(22)18-14-16-6-8(2)24-14/h4-6H,1-3H3,(H,15,17,21)(H,16,18,22). The molecule has 3 heterocycles. The third-order valence-corrected chi connectivity index (χ3v) is 4.68. The SMILES string of the molecule is Cc1cnc(NC(=O)c2cc(C(=O)Nc3ncc(C)s3)n(C)n2)s1. The number of nitrogens with zero attached hydrogens (tertiary/aromatic N) is 4. The number of carbonyl (C=O) groups is 2. The smallest absolute Gasteiger partial charge is 0.277 e. The van der Waals surface area contributed by atoms with E-state index in [4.69, 9.17) is 0 Å². The van der Waals surface area contributed by atoms with Gasteiger partial charge in [-0.25, -0.2) is 9.97 Å². The predicted molar refractivity (Wildman–Crippen MR) is 92.8 cm³/mol. The number of hydrogen-bond acceptors (Lipinski definition) is 7. The van der Waals surface area contributed by atoms with Crippen molar-refractivity contribution >= 4 is 44.8 Å². The third kappa shape index (κ3) is 3.49. The number of aromatic nitrogens is 4. The molecule has 0 atom stereocenters. The molecule has 124 valence electrons. The Morgan fingerprint density at radius 1 is 1.00 bits per heavy atom. The quantitative estimate of drug-likeness (QED) is 0.742. The van der Waals surface area contributed by atoms with Gasteiger partial charge in [-0.2, -0.15) is 5.10 Å². The van der Waals surface area contributed by atoms with Crippen LogP contribution in [0.25, 0.3) is 0 Å². The molecule has 0 aliphatic carbocycles. The Kier molecular flexibility index (Phi) is 4.40. The zero-order chi connectivity index (χ0) is 17.3. The molecule has 0 saturated carbocycles. The highest BCUT2D eigenvalue weighted by molar-refractivity contribution is 7.16. The average Bonchev–Trinajstić information content (AvgIpc) is 3.20. The van der Waals surface area contributed by atoms with Crippen LogP contribution in [-0.4, -0.2) is 31.6 Å². The van der Waals surface area contributed by atoms with Crippen molar-refractivity contribution in [3.63, 3.8) is 0 Å². The van der Waals surface area contributed by atoms with Gasteiger partial charge in [0.05, 0.1) is 0 Å². The van der Waals surface area contributed by atoms with Gasteiger partial charge in [0, 0.05) is 35.3 Å². The van der Waals surface area contributed by atoms with E-state index >= 15 is 0 Å². The lowest BCUT2D eigenvalue weighted by molar-refractivity contribution is 0.101. The lowest BCUT2D eigenvalue weighted by atomic mass is 10.3. The van der Waals surface area contributed by atoms with Crippen LogP contribution in [-0.2, 0) is 7.05 Å². The highest BCUT2D eigenvalue weighted by Crippen LogP contribution is 2.19. The second-order valence-corrected chi connectivity index (χ2v) is 7.47. The number of thiazole rings is 2. The van der Waals surface area contributed by atoms with Crippen molar-refractivity contribution in [2.75, 3.05) is 10.6 Å². The summed E-state index contributed by atoms with van der Waals surface area (Å²) >= 11 is 2.74. The number of aryl methyl sites for hydroxylation is 3. The first-order valence-corrected chi connectivity index (χ1v) is 8.57. The lowest BCUT2D eigenvalue weighted by Crippen LogP contribution is -2.15. The first kappa shape index (κ1) is 16.3. The van der Waals surface area contributed by atoms with E-state index in [2.05, 4.69) is 25.7 Å². The largest absolute Gasteiger partial charge is 0.296 e. The molecule has 3 aromatic rings. The fourth-order valence-corrected chi connectivity index (χ4v) is 3.26. The summed E-state index contributed by atoms with van der Waals surface area (Å²) in [5.74, 6) is -0.785. The van der Waals surface area contributed by atoms with Gasteiger partial charge in [-0.3, -0.25) is 24.9 Å². The molecule has 0 saturated heterocycles. The zero-order valence-electron chi connectivity index (χ0n) is 13.2. The molecule has 3 rings (SSSR count). The minimum absolute atomic E-state index is 0.144. The summed E-state index contributed by atoms with van der Waals surface area (Å²) in [7, 11) is 1.60. The van der Waals surface area contributed by atoms with Crippen molar-refractivity contribution in [1.29, 1.82) is 0 Å². The van der Waals surface area contributed by atoms with E-state index in [1.807, 2.05) is 13.8 Å². The zero-order valence-corrected chi connectivity index (χ0v) is 14.8. The van der Waals surface area contributed by atoms with Gasteiger partial charge in [-0.15, -0.1) is 22.7 Å². The van der Waals surface area contributed by atoms with Gasteiger partial charge in [-0.1, -0.05) is 0 Å². The van der Waals surface area contributed by atoms with Crippen LogP contribution < -0.4 is 10.6 Å². The average molecular weight is 362 g/mol. The summed E-state index contributed by atoms with van der Waals surface area (Å²) < 4.78 is 1.36. The van der Waals surface area contributed by atoms with Crippen LogP contribution in [0.1, 0.15) is 30.7 Å². The van der Waals surface area contributed by atoms with Crippen LogP contribution >= 0.6 is 22.7 Å². The molecule has 8 nitrogen and oxygen atoms in total. The molecule has 10 heteroatoms. The number of amides is 2. The van der Waals surface area contributed by atoms with Crippen molar-refractivity contribution in [3.05, 3.63) is 39.6 Å². The van der Waals surface area contributed by atoms with E-state index in [0.29, 0.717) is 10.3 Å². The molecular formula is C14H14N6O2S2. The van der Waals surface area contributed by atoms with Gasteiger partial charge in [0.25, 0.3) is 11.8 Å². The molecule has 0 unspecified atom stereocenters. The summed E-state index contributed by atoms with van der Waals surface area (Å²) in [4.78, 5) is 34.6. The van der Waals surface area contributed by atoms with Crippen LogP contribution in [0.15, 0.2) is 18.5 Å². The van der Waals surface area contributed by atoms with Crippen LogP contribution in [0.4, 0.5) is 10.3 Å². The summed E-state index contributed by atoms with van der Waals surface area (Å²) in [6.07, 6.45) is 3.35. The Labute approximate surface area is 145 Å². The minimum Gasteiger partial charge on any atom is -0.296 e. The van der Waals surface area contributed by atoms with Gasteiger partial charge in [0.15, 0.2) is 16.0 Å². The Bertz CT molecular complexity index is 910. The van der Waals surface area contributed by atoms with E-state index in [1.54, 1.807) is 19.4 Å². The lowest BCUT2D eigenvalue weighted by Gasteiger charge is -2.00. The Morgan fingerprint density at radius 2 is 1.54 bits per heavy atom. The molecule has 2 N–H and O–H groups in total. The van der Waals surface area contributed by atoms with E-state index < -0.39 is 5.91 Å². The van der Waals surface area contributed by atoms with Crippen molar-refractivity contribution in [2.24, 2.45) is 7.05 Å². The van der Waals surface area contributed by atoms with Crippen molar-refractivity contribution in [1.82, 2.24) is 19.7 Å². The van der Waals surface area contributed by atoms with E-state index in [1.165, 1.54) is 33.4 Å². The molecule has 0 aliphatic heterocycles. The van der Waals surface area contributed by atoms with Gasteiger partial charge in [0.2, 0.25) is 0 Å². The number of rotatable bonds is 4. The van der Waals surface area contributed by atoms with Gasteiger partial charge in [-0.05, 0) is 13.8 Å². The summed E-state index contributed by atoms with van der Waals surface area (Å²) in [5, 5.41) is 10.4. The maximum atomic E-state index is 12.3. The van der Waals surface area contributed by atoms with Crippen molar-refractivity contribution in [3.8, 4) is 0 Å². The molecule has 2 amide bonds. The maximum absolute atomic E-state index is 12.3. The molecule has 3 aromatic heterocycles. The molecule has 0 aliphatic rings. The predicted octanol–water partition coefficient (Wildman–Crippen LogP) is 2.45. The van der Waals surface area contributed by atoms with Crippen molar-refractivity contribution < 1.29 is 9.59 Å². The normalized spacial score (nSPS) is 10.6. The first-order valence-electron chi connectivity index (χ1n) is 6.94. The Hall–Kier alpha value is -2.59. The fraction of sp³-hybridized carbons (Fsp3) is 0.214. The van der Waals surface area contributed by atoms with Gasteiger partial charge >= 0.3 is 0 Å². The first-order chi connectivity index (χ1) is 11.4. The number of carbonyl (C=O) groups excluding carboxylic acids is 2. The minimum atomic E-state index is -0.413. The Balaban J connectivity index is 1.74. The van der Waals surface area contributed by atoms with Crippen LogP contribution in [0.5, 0.6) is 0 Å². The topological polar surface area (TPSA) is 102 Å². The fourth-order valence-electron chi connectivity index (χ4n) is 1.94. The van der Waals surface area contributed by atoms with Crippen LogP contribution in [0, 0.1) is 13.8 Å². The molecule has 0 radical (unpaired) electrons. The summed E-state index contributed by atoms with van der Waals surface area (Å²) in [6, 6.07) is 1.44. The van der Waals surface area contributed by atoms with E-state index in [0.717, 1.165) is 9.75 Å². The molecule has 24 heavy (non-hydrogen) atoms. The molecule has 0 bridgehead atoms. The van der Waals surface area contributed by atoms with Crippen LogP contribution in [0.3, 0.4) is 0 Å². The van der Waals surface area contributed by atoms with Crippen LogP contribution in [0.2, 0.25) is 0 Å². The Morgan fingerprint density at radius 3 is 2.04 bits per heavy atom. The highest BCUT2D eigenvalue weighted by atomic mass is 32.1. The maximum Gasteiger partial charge on any atom is 0.277 e. The second kappa shape index (κ2) is 6.49. The monoisotopic (exact) mass is 362 g/mol. The van der Waals surface area contributed by atoms with Crippen molar-refractivity contribution in [2.45, 2.75) is 13.8 Å². The van der Waals surface area contributed by atoms with Gasteiger partial charge < -0.3 is 0 Å². The highest BCUT2D eigenvalue weighted by Gasteiger charge is 2.19. The third-order valence-electron chi connectivity index (χ3n) is 3.03. The number of nitrogens with one attached hydrogen (secondary N) is 2. The number of anilines is 2. The second-order valence-electron chi connectivity index (χ2n) is 5.00. The molecular weight excluding hydrogens is 348 g/mol. The van der Waals surface area contributed by atoms with Gasteiger partial charge in [0.1, 0.15) is 5.69 Å². The van der Waals surface area contributed by atoms with E-state index in [-0.39, 0.29) is 17.3 Å². The summed E-state index contributed by atoms with van der Waals surface area (Å²) in [6.45, 7) is 3.80. The van der Waals surface area contributed by atoms with E-state index in [9.17, 15) is 9.59 Å². The summed E-state index contributed by atoms with van der Waals surface area (Å²) in [5.41, 5.74) is 0.411.